The Morgan fingerprint density at radius 1 is 1.35 bits per heavy atom. The van der Waals surface area contributed by atoms with Crippen molar-refractivity contribution in [3.63, 3.8) is 0 Å². The first-order chi connectivity index (χ1) is 9.52. The molecule has 20 heavy (non-hydrogen) atoms. The van der Waals surface area contributed by atoms with Crippen molar-refractivity contribution in [1.82, 2.24) is 9.78 Å². The Balaban J connectivity index is 2.02. The zero-order valence-corrected chi connectivity index (χ0v) is 13.0. The lowest BCUT2D eigenvalue weighted by Crippen LogP contribution is -2.05. The largest absolute Gasteiger partial charge is 0.508 e. The monoisotopic (exact) mass is 310 g/mol. The van der Waals surface area contributed by atoms with Crippen molar-refractivity contribution in [3.05, 3.63) is 44.7 Å². The molecule has 1 heterocycles. The van der Waals surface area contributed by atoms with Crippen molar-refractivity contribution in [2.45, 2.75) is 32.1 Å². The lowest BCUT2D eigenvalue weighted by atomic mass is 9.95. The third-order valence-electron chi connectivity index (χ3n) is 4.10. The highest BCUT2D eigenvalue weighted by molar-refractivity contribution is 6.42. The van der Waals surface area contributed by atoms with Gasteiger partial charge in [-0.15, -0.1) is 0 Å². The summed E-state index contributed by atoms with van der Waals surface area (Å²) >= 11 is 12.4. The summed E-state index contributed by atoms with van der Waals surface area (Å²) in [4.78, 5) is 0. The summed E-state index contributed by atoms with van der Waals surface area (Å²) in [5.74, 6) is 0.397. The average molecular weight is 311 g/mol. The third kappa shape index (κ3) is 2.00. The minimum absolute atomic E-state index is 0.172. The molecular weight excluding hydrogens is 295 g/mol. The topological polar surface area (TPSA) is 38.0 Å². The summed E-state index contributed by atoms with van der Waals surface area (Å²) in [5, 5.41) is 15.6. The Hall–Kier alpha value is -1.19. The van der Waals surface area contributed by atoms with Crippen molar-refractivity contribution in [3.8, 4) is 5.75 Å². The van der Waals surface area contributed by atoms with Gasteiger partial charge in [-0.2, -0.15) is 5.10 Å². The van der Waals surface area contributed by atoms with Gasteiger partial charge in [-0.1, -0.05) is 30.1 Å². The Morgan fingerprint density at radius 3 is 2.80 bits per heavy atom. The van der Waals surface area contributed by atoms with E-state index >= 15 is 0 Å². The van der Waals surface area contributed by atoms with Crippen LogP contribution in [0.3, 0.4) is 0 Å². The molecule has 1 N–H and O–H groups in total. The van der Waals surface area contributed by atoms with Gasteiger partial charge in [0.2, 0.25) is 0 Å². The fraction of sp³-hybridized carbons (Fsp3) is 0.400. The molecule has 0 bridgehead atoms. The fourth-order valence-electron chi connectivity index (χ4n) is 3.14. The number of phenols is 1. The molecule has 0 saturated heterocycles. The van der Waals surface area contributed by atoms with Crippen molar-refractivity contribution < 1.29 is 5.11 Å². The number of nitrogens with zero attached hydrogens (tertiary/aromatic N) is 2. The number of aromatic hydroxyl groups is 1. The second-order valence-corrected chi connectivity index (χ2v) is 6.03. The van der Waals surface area contributed by atoms with Crippen LogP contribution >= 0.6 is 23.2 Å². The molecule has 3 rings (SSSR count). The molecule has 0 aliphatic heterocycles. The molecule has 1 atom stereocenters. The molecule has 0 radical (unpaired) electrons. The highest BCUT2D eigenvalue weighted by Crippen LogP contribution is 2.44. The number of rotatable bonds is 2. The zero-order chi connectivity index (χ0) is 14.4. The summed E-state index contributed by atoms with van der Waals surface area (Å²) in [5.41, 5.74) is 4.44. The van der Waals surface area contributed by atoms with E-state index in [0.29, 0.717) is 10.0 Å². The maximum Gasteiger partial charge on any atom is 0.120 e. The quantitative estimate of drug-likeness (QED) is 0.914. The van der Waals surface area contributed by atoms with Crippen LogP contribution in [0.5, 0.6) is 5.75 Å². The normalized spacial score (nSPS) is 17.5. The summed E-state index contributed by atoms with van der Waals surface area (Å²) in [7, 11) is 1.97. The molecule has 0 spiro atoms. The lowest BCUT2D eigenvalue weighted by molar-refractivity contribution is 0.461. The number of hydrogen-bond donors (Lipinski definition) is 1. The van der Waals surface area contributed by atoms with E-state index in [1.54, 1.807) is 12.1 Å². The first-order valence-corrected chi connectivity index (χ1v) is 7.49. The van der Waals surface area contributed by atoms with Gasteiger partial charge in [-0.25, -0.2) is 0 Å². The van der Waals surface area contributed by atoms with E-state index in [1.807, 2.05) is 11.7 Å². The van der Waals surface area contributed by atoms with Crippen LogP contribution in [-0.2, 0) is 26.3 Å². The maximum atomic E-state index is 10.1. The molecule has 5 heteroatoms. The highest BCUT2D eigenvalue weighted by Gasteiger charge is 2.32. The van der Waals surface area contributed by atoms with E-state index in [1.165, 1.54) is 11.3 Å². The predicted molar refractivity (Wildman–Crippen MR) is 80.9 cm³/mol. The van der Waals surface area contributed by atoms with Crippen LogP contribution in [0.15, 0.2) is 12.1 Å². The highest BCUT2D eigenvalue weighted by atomic mass is 35.5. The van der Waals surface area contributed by atoms with E-state index in [0.717, 1.165) is 30.5 Å². The maximum absolute atomic E-state index is 10.1. The zero-order valence-electron chi connectivity index (χ0n) is 11.5. The van der Waals surface area contributed by atoms with Crippen molar-refractivity contribution >= 4 is 23.2 Å². The second-order valence-electron chi connectivity index (χ2n) is 5.25. The minimum atomic E-state index is 0.172. The number of aryl methyl sites for hydroxylation is 2. The van der Waals surface area contributed by atoms with Gasteiger partial charge in [0.15, 0.2) is 0 Å². The second kappa shape index (κ2) is 4.97. The van der Waals surface area contributed by atoms with E-state index < -0.39 is 0 Å². The fourth-order valence-corrected chi connectivity index (χ4v) is 3.62. The number of phenolic OH excluding ortho intramolecular Hbond substituents is 1. The minimum Gasteiger partial charge on any atom is -0.508 e. The third-order valence-corrected chi connectivity index (χ3v) is 4.92. The van der Waals surface area contributed by atoms with Gasteiger partial charge in [-0.05, 0) is 42.9 Å². The van der Waals surface area contributed by atoms with E-state index in [9.17, 15) is 5.11 Å². The van der Waals surface area contributed by atoms with Crippen molar-refractivity contribution in [1.29, 1.82) is 0 Å². The number of fused-ring (bicyclic) bond motifs is 1. The van der Waals surface area contributed by atoms with Gasteiger partial charge in [-0.3, -0.25) is 4.68 Å². The summed E-state index contributed by atoms with van der Waals surface area (Å²) in [6.07, 6.45) is 2.62. The van der Waals surface area contributed by atoms with Crippen LogP contribution in [0.25, 0.3) is 0 Å². The van der Waals surface area contributed by atoms with Gasteiger partial charge < -0.3 is 5.11 Å². The predicted octanol–water partition coefficient (Wildman–Crippen LogP) is 3.88. The molecule has 3 nitrogen and oxygen atoms in total. The summed E-state index contributed by atoms with van der Waals surface area (Å²) < 4.78 is 1.95. The molecule has 1 aromatic heterocycles. The Labute approximate surface area is 128 Å². The summed E-state index contributed by atoms with van der Waals surface area (Å²) in [6.45, 7) is 2.11. The number of aromatic nitrogens is 2. The number of hydrogen-bond acceptors (Lipinski definition) is 2. The molecular formula is C15H16Cl2N2O. The Kier molecular flexibility index (Phi) is 3.43. The Morgan fingerprint density at radius 2 is 2.10 bits per heavy atom. The lowest BCUT2D eigenvalue weighted by Gasteiger charge is -2.15. The van der Waals surface area contributed by atoms with Gasteiger partial charge in [0.25, 0.3) is 0 Å². The molecule has 0 unspecified atom stereocenters. The van der Waals surface area contributed by atoms with Crippen molar-refractivity contribution in [2.75, 3.05) is 0 Å². The van der Waals surface area contributed by atoms with Crippen LogP contribution in [0, 0.1) is 0 Å². The van der Waals surface area contributed by atoms with Gasteiger partial charge in [0, 0.05) is 18.3 Å². The molecule has 106 valence electrons. The van der Waals surface area contributed by atoms with E-state index in [4.69, 9.17) is 23.2 Å². The number of benzene rings is 1. The molecule has 0 fully saturated rings. The average Bonchev–Trinajstić information content (AvgIpc) is 2.96. The van der Waals surface area contributed by atoms with Crippen LogP contribution in [0.2, 0.25) is 10.0 Å². The smallest absolute Gasteiger partial charge is 0.120 e. The van der Waals surface area contributed by atoms with Crippen LogP contribution < -0.4 is 0 Å². The first kappa shape index (κ1) is 13.8. The van der Waals surface area contributed by atoms with Crippen LogP contribution in [0.4, 0.5) is 0 Å². The molecule has 1 aliphatic rings. The molecule has 1 aromatic carbocycles. The SMILES string of the molecule is CCc1nn(C)c2c1C[C@H](c1c(O)ccc(Cl)c1Cl)C2. The van der Waals surface area contributed by atoms with E-state index in [-0.39, 0.29) is 11.7 Å². The molecule has 1 aliphatic carbocycles. The first-order valence-electron chi connectivity index (χ1n) is 6.73. The Bertz CT molecular complexity index is 679. The molecule has 2 aromatic rings. The van der Waals surface area contributed by atoms with Gasteiger partial charge >= 0.3 is 0 Å². The van der Waals surface area contributed by atoms with Crippen molar-refractivity contribution in [2.24, 2.45) is 7.05 Å². The van der Waals surface area contributed by atoms with Gasteiger partial charge in [0.05, 0.1) is 15.7 Å². The van der Waals surface area contributed by atoms with Gasteiger partial charge in [0.1, 0.15) is 5.75 Å². The van der Waals surface area contributed by atoms with E-state index in [2.05, 4.69) is 12.0 Å². The van der Waals surface area contributed by atoms with Crippen LogP contribution in [-0.4, -0.2) is 14.9 Å². The van der Waals surface area contributed by atoms with Crippen LogP contribution in [0.1, 0.15) is 35.4 Å². The molecule has 0 saturated carbocycles. The summed E-state index contributed by atoms with van der Waals surface area (Å²) in [6, 6.07) is 3.25. The number of halogens is 2. The standard InChI is InChI=1S/C15H16Cl2N2O/c1-3-11-9-6-8(7-12(9)19(2)18-11)14-13(20)5-4-10(16)15(14)17/h4-5,8,20H,3,6-7H2,1-2H3/t8-/m0/s1. The molecule has 0 amide bonds.